The minimum atomic E-state index is -0.431. The number of unbranched alkanes of at least 4 members (excludes halogenated alkanes) is 2. The number of piperazine rings is 1. The van der Waals surface area contributed by atoms with E-state index in [1.165, 1.54) is 0 Å². The molecule has 1 heterocycles. The summed E-state index contributed by atoms with van der Waals surface area (Å²) < 4.78 is 0. The average Bonchev–Trinajstić information content (AvgIpc) is 2.39. The fourth-order valence-electron chi connectivity index (χ4n) is 2.20. The van der Waals surface area contributed by atoms with Crippen LogP contribution in [0.1, 0.15) is 33.1 Å². The van der Waals surface area contributed by atoms with Crippen LogP contribution in [-0.4, -0.2) is 60.8 Å². The van der Waals surface area contributed by atoms with Crippen LogP contribution in [-0.2, 0) is 4.79 Å². The van der Waals surface area contributed by atoms with Crippen LogP contribution >= 0.6 is 0 Å². The van der Waals surface area contributed by atoms with Gasteiger partial charge in [-0.1, -0.05) is 0 Å². The van der Waals surface area contributed by atoms with Gasteiger partial charge >= 0.3 is 0 Å². The quantitative estimate of drug-likeness (QED) is 0.560. The molecule has 0 saturated carbocycles. The van der Waals surface area contributed by atoms with Crippen LogP contribution in [0.15, 0.2) is 0 Å². The molecule has 5 nitrogen and oxygen atoms in total. The summed E-state index contributed by atoms with van der Waals surface area (Å²) in [6.45, 7) is 8.66. The first-order valence-corrected chi connectivity index (χ1v) is 6.94. The van der Waals surface area contributed by atoms with Crippen LogP contribution in [0.5, 0.6) is 0 Å². The number of carbonyl (C=O) groups is 1. The molecule has 0 aliphatic carbocycles. The molecule has 106 valence electrons. The zero-order chi connectivity index (χ0) is 13.4. The van der Waals surface area contributed by atoms with Gasteiger partial charge in [0.2, 0.25) is 5.91 Å². The Morgan fingerprint density at radius 2 is 1.94 bits per heavy atom. The number of hydrogen-bond donors (Lipinski definition) is 3. The normalized spacial score (nSPS) is 17.7. The van der Waals surface area contributed by atoms with Crippen LogP contribution < -0.4 is 10.6 Å². The van der Waals surface area contributed by atoms with Crippen molar-refractivity contribution in [2.75, 3.05) is 39.3 Å². The van der Waals surface area contributed by atoms with Gasteiger partial charge in [0.1, 0.15) is 0 Å². The molecule has 0 radical (unpaired) electrons. The number of nitrogens with zero attached hydrogens (tertiary/aromatic N) is 1. The summed E-state index contributed by atoms with van der Waals surface area (Å²) in [5.41, 5.74) is -0.431. The highest BCUT2D eigenvalue weighted by Gasteiger charge is 2.34. The molecule has 0 atom stereocenters. The molecular formula is C13H27N3O2. The molecule has 0 aromatic carbocycles. The monoisotopic (exact) mass is 257 g/mol. The second-order valence-electron chi connectivity index (χ2n) is 5.34. The lowest BCUT2D eigenvalue weighted by Crippen LogP contribution is -2.60. The van der Waals surface area contributed by atoms with Gasteiger partial charge in [-0.15, -0.1) is 0 Å². The minimum Gasteiger partial charge on any atom is -0.396 e. The molecule has 3 N–H and O–H groups in total. The van der Waals surface area contributed by atoms with Crippen molar-refractivity contribution in [2.24, 2.45) is 0 Å². The Bertz CT molecular complexity index is 251. The SMILES string of the molecule is CC(C)(C(=O)NCCCCCO)N1CCNCC1. The molecule has 1 saturated heterocycles. The highest BCUT2D eigenvalue weighted by Crippen LogP contribution is 2.15. The van der Waals surface area contributed by atoms with E-state index in [4.69, 9.17) is 5.11 Å². The van der Waals surface area contributed by atoms with Gasteiger partial charge in [-0.05, 0) is 33.1 Å². The second kappa shape index (κ2) is 7.71. The van der Waals surface area contributed by atoms with E-state index in [0.717, 1.165) is 45.4 Å². The summed E-state index contributed by atoms with van der Waals surface area (Å²) in [4.78, 5) is 14.4. The molecule has 0 aromatic heterocycles. The van der Waals surface area contributed by atoms with Crippen molar-refractivity contribution in [1.29, 1.82) is 0 Å². The lowest BCUT2D eigenvalue weighted by atomic mass is 10.0. The van der Waals surface area contributed by atoms with E-state index in [1.807, 2.05) is 13.8 Å². The van der Waals surface area contributed by atoms with Crippen molar-refractivity contribution in [3.8, 4) is 0 Å². The van der Waals surface area contributed by atoms with Crippen molar-refractivity contribution < 1.29 is 9.90 Å². The molecule has 18 heavy (non-hydrogen) atoms. The minimum absolute atomic E-state index is 0.105. The van der Waals surface area contributed by atoms with Gasteiger partial charge in [-0.25, -0.2) is 0 Å². The molecule has 1 amide bonds. The van der Waals surface area contributed by atoms with Gasteiger partial charge in [0, 0.05) is 39.3 Å². The van der Waals surface area contributed by atoms with Crippen molar-refractivity contribution in [3.05, 3.63) is 0 Å². The van der Waals surface area contributed by atoms with Crippen LogP contribution in [0.25, 0.3) is 0 Å². The lowest BCUT2D eigenvalue weighted by Gasteiger charge is -2.39. The Labute approximate surface area is 110 Å². The molecule has 0 bridgehead atoms. The third kappa shape index (κ3) is 4.55. The van der Waals surface area contributed by atoms with Crippen molar-refractivity contribution >= 4 is 5.91 Å². The van der Waals surface area contributed by atoms with Crippen LogP contribution in [0.3, 0.4) is 0 Å². The third-order valence-electron chi connectivity index (χ3n) is 3.58. The Kier molecular flexibility index (Phi) is 6.60. The maximum atomic E-state index is 12.2. The molecule has 1 aliphatic rings. The maximum Gasteiger partial charge on any atom is 0.239 e. The van der Waals surface area contributed by atoms with Gasteiger partial charge in [0.05, 0.1) is 5.54 Å². The highest BCUT2D eigenvalue weighted by molar-refractivity contribution is 5.85. The Hall–Kier alpha value is -0.650. The zero-order valence-corrected chi connectivity index (χ0v) is 11.7. The van der Waals surface area contributed by atoms with E-state index in [2.05, 4.69) is 15.5 Å². The Morgan fingerprint density at radius 1 is 1.28 bits per heavy atom. The van der Waals surface area contributed by atoms with E-state index < -0.39 is 5.54 Å². The van der Waals surface area contributed by atoms with Crippen LogP contribution in [0.2, 0.25) is 0 Å². The average molecular weight is 257 g/mol. The standard InChI is InChI=1S/C13H27N3O2/c1-13(2,16-9-7-14-8-10-16)12(18)15-6-4-3-5-11-17/h14,17H,3-11H2,1-2H3,(H,15,18). The first-order chi connectivity index (χ1) is 8.59. The molecule has 0 aromatic rings. The largest absolute Gasteiger partial charge is 0.396 e. The molecule has 0 spiro atoms. The van der Waals surface area contributed by atoms with E-state index >= 15 is 0 Å². The molecule has 1 aliphatic heterocycles. The Morgan fingerprint density at radius 3 is 2.56 bits per heavy atom. The third-order valence-corrected chi connectivity index (χ3v) is 3.58. The van der Waals surface area contributed by atoms with E-state index in [-0.39, 0.29) is 12.5 Å². The smallest absolute Gasteiger partial charge is 0.239 e. The summed E-state index contributed by atoms with van der Waals surface area (Å²) in [5.74, 6) is 0.105. The number of hydrogen-bond acceptors (Lipinski definition) is 4. The van der Waals surface area contributed by atoms with E-state index in [0.29, 0.717) is 6.54 Å². The molecule has 1 fully saturated rings. The number of nitrogens with one attached hydrogen (secondary N) is 2. The number of rotatable bonds is 7. The number of aliphatic hydroxyl groups is 1. The van der Waals surface area contributed by atoms with Gasteiger partial charge in [0.25, 0.3) is 0 Å². The second-order valence-corrected chi connectivity index (χ2v) is 5.34. The van der Waals surface area contributed by atoms with Gasteiger partial charge < -0.3 is 15.7 Å². The van der Waals surface area contributed by atoms with Gasteiger partial charge in [-0.3, -0.25) is 9.69 Å². The van der Waals surface area contributed by atoms with Crippen molar-refractivity contribution in [2.45, 2.75) is 38.6 Å². The molecule has 0 unspecified atom stereocenters. The van der Waals surface area contributed by atoms with E-state index in [1.54, 1.807) is 0 Å². The van der Waals surface area contributed by atoms with E-state index in [9.17, 15) is 4.79 Å². The number of carbonyl (C=O) groups excluding carboxylic acids is 1. The zero-order valence-electron chi connectivity index (χ0n) is 11.7. The predicted octanol–water partition coefficient (Wildman–Crippen LogP) is -0.0510. The topological polar surface area (TPSA) is 64.6 Å². The van der Waals surface area contributed by atoms with Crippen LogP contribution in [0.4, 0.5) is 0 Å². The summed E-state index contributed by atoms with van der Waals surface area (Å²) in [6, 6.07) is 0. The summed E-state index contributed by atoms with van der Waals surface area (Å²) >= 11 is 0. The summed E-state index contributed by atoms with van der Waals surface area (Å²) in [7, 11) is 0. The predicted molar refractivity (Wildman–Crippen MR) is 72.5 cm³/mol. The first kappa shape index (κ1) is 15.4. The van der Waals surface area contributed by atoms with Crippen molar-refractivity contribution in [3.63, 3.8) is 0 Å². The first-order valence-electron chi connectivity index (χ1n) is 6.94. The molecule has 1 rings (SSSR count). The summed E-state index contributed by atoms with van der Waals surface area (Å²) in [5, 5.41) is 15.0. The fraction of sp³-hybridized carbons (Fsp3) is 0.923. The maximum absolute atomic E-state index is 12.2. The highest BCUT2D eigenvalue weighted by atomic mass is 16.2. The Balaban J connectivity index is 2.29. The number of aliphatic hydroxyl groups excluding tert-OH is 1. The van der Waals surface area contributed by atoms with Gasteiger partial charge in [0.15, 0.2) is 0 Å². The van der Waals surface area contributed by atoms with Crippen molar-refractivity contribution in [1.82, 2.24) is 15.5 Å². The molecule has 5 heteroatoms. The number of amides is 1. The fourth-order valence-corrected chi connectivity index (χ4v) is 2.20. The van der Waals surface area contributed by atoms with Crippen LogP contribution in [0, 0.1) is 0 Å². The molecular weight excluding hydrogens is 230 g/mol. The lowest BCUT2D eigenvalue weighted by molar-refractivity contribution is -0.132. The van der Waals surface area contributed by atoms with Gasteiger partial charge in [-0.2, -0.15) is 0 Å². The summed E-state index contributed by atoms with van der Waals surface area (Å²) in [6.07, 6.45) is 2.71.